The Bertz CT molecular complexity index is 1150. The zero-order valence-electron chi connectivity index (χ0n) is 20.1. The molecule has 0 unspecified atom stereocenters. The number of para-hydroxylation sites is 2. The lowest BCUT2D eigenvalue weighted by molar-refractivity contribution is 0.183. The van der Waals surface area contributed by atoms with E-state index >= 15 is 0 Å². The van der Waals surface area contributed by atoms with Gasteiger partial charge in [0.15, 0.2) is 0 Å². The van der Waals surface area contributed by atoms with Crippen LogP contribution in [0.4, 0.5) is 5.69 Å². The largest absolute Gasteiger partial charge is 0.507 e. The normalized spacial score (nSPS) is 15.3. The average molecular weight is 464 g/mol. The summed E-state index contributed by atoms with van der Waals surface area (Å²) in [7, 11) is 3.25. The van der Waals surface area contributed by atoms with E-state index in [9.17, 15) is 9.90 Å². The monoisotopic (exact) mass is 463 g/mol. The number of benzene rings is 2. The van der Waals surface area contributed by atoms with Crippen molar-refractivity contribution in [3.63, 3.8) is 0 Å². The Hall–Kier alpha value is -3.29. The van der Waals surface area contributed by atoms with Crippen molar-refractivity contribution in [3.05, 3.63) is 87.8 Å². The number of aromatic hydroxyl groups is 1. The molecular formula is C27H33N3O4. The van der Waals surface area contributed by atoms with Crippen molar-refractivity contribution in [1.82, 2.24) is 9.47 Å². The van der Waals surface area contributed by atoms with E-state index in [0.29, 0.717) is 30.2 Å². The molecule has 1 N–H and O–H groups in total. The summed E-state index contributed by atoms with van der Waals surface area (Å²) in [5.74, 6) is 0.707. The van der Waals surface area contributed by atoms with Crippen molar-refractivity contribution in [1.29, 1.82) is 0 Å². The van der Waals surface area contributed by atoms with Gasteiger partial charge in [0.1, 0.15) is 11.5 Å². The van der Waals surface area contributed by atoms with Crippen molar-refractivity contribution in [2.24, 2.45) is 0 Å². The lowest BCUT2D eigenvalue weighted by Crippen LogP contribution is -2.49. The molecule has 7 heteroatoms. The predicted molar refractivity (Wildman–Crippen MR) is 134 cm³/mol. The minimum atomic E-state index is -0.434. The van der Waals surface area contributed by atoms with Gasteiger partial charge in [0.05, 0.1) is 25.3 Å². The van der Waals surface area contributed by atoms with Crippen LogP contribution < -0.4 is 15.2 Å². The van der Waals surface area contributed by atoms with Gasteiger partial charge in [-0.1, -0.05) is 36.4 Å². The molecule has 0 radical (unpaired) electrons. The lowest BCUT2D eigenvalue weighted by atomic mass is 9.95. The Morgan fingerprint density at radius 1 is 0.971 bits per heavy atom. The number of rotatable bonds is 8. The summed E-state index contributed by atoms with van der Waals surface area (Å²) in [5, 5.41) is 11.1. The molecule has 1 fully saturated rings. The second kappa shape index (κ2) is 10.8. The molecular weight excluding hydrogens is 430 g/mol. The summed E-state index contributed by atoms with van der Waals surface area (Å²) in [5.41, 5.74) is 2.94. The van der Waals surface area contributed by atoms with E-state index in [1.165, 1.54) is 5.69 Å². The molecule has 1 aliphatic heterocycles. The third-order valence-corrected chi connectivity index (χ3v) is 6.55. The first-order chi connectivity index (χ1) is 16.5. The van der Waals surface area contributed by atoms with Gasteiger partial charge in [-0.15, -0.1) is 0 Å². The molecule has 2 heterocycles. The number of anilines is 1. The van der Waals surface area contributed by atoms with Gasteiger partial charge in [-0.05, 0) is 31.2 Å². The van der Waals surface area contributed by atoms with Crippen molar-refractivity contribution >= 4 is 5.69 Å². The van der Waals surface area contributed by atoms with Gasteiger partial charge in [-0.2, -0.15) is 0 Å². The third-order valence-electron chi connectivity index (χ3n) is 6.55. The molecule has 0 bridgehead atoms. The van der Waals surface area contributed by atoms with Crippen LogP contribution in [0.15, 0.2) is 65.5 Å². The molecule has 4 rings (SSSR count). The number of nitrogens with zero attached hydrogens (tertiary/aromatic N) is 3. The quantitative estimate of drug-likeness (QED) is 0.552. The average Bonchev–Trinajstić information content (AvgIpc) is 2.87. The van der Waals surface area contributed by atoms with Crippen molar-refractivity contribution in [2.45, 2.75) is 19.5 Å². The Labute approximate surface area is 200 Å². The first-order valence-electron chi connectivity index (χ1n) is 11.6. The van der Waals surface area contributed by atoms with Gasteiger partial charge in [0.25, 0.3) is 5.56 Å². The molecule has 1 aromatic heterocycles. The summed E-state index contributed by atoms with van der Waals surface area (Å²) < 4.78 is 12.6. The number of hydrogen-bond donors (Lipinski definition) is 1. The zero-order chi connectivity index (χ0) is 24.1. The smallest absolute Gasteiger partial charge is 0.259 e. The summed E-state index contributed by atoms with van der Waals surface area (Å²) in [6.45, 7) is 5.79. The Morgan fingerprint density at radius 2 is 1.65 bits per heavy atom. The summed E-state index contributed by atoms with van der Waals surface area (Å²) in [4.78, 5) is 18.3. The van der Waals surface area contributed by atoms with Gasteiger partial charge in [0, 0.05) is 56.8 Å². The van der Waals surface area contributed by atoms with Crippen LogP contribution in [0.2, 0.25) is 0 Å². The fourth-order valence-electron chi connectivity index (χ4n) is 4.79. The van der Waals surface area contributed by atoms with Gasteiger partial charge in [0.2, 0.25) is 0 Å². The summed E-state index contributed by atoms with van der Waals surface area (Å²) in [6.07, 6.45) is 0. The lowest BCUT2D eigenvalue weighted by Gasteiger charge is -2.40. The fourth-order valence-corrected chi connectivity index (χ4v) is 4.79. The van der Waals surface area contributed by atoms with Gasteiger partial charge < -0.3 is 24.0 Å². The summed E-state index contributed by atoms with van der Waals surface area (Å²) in [6, 6.07) is 19.3. The first-order valence-corrected chi connectivity index (χ1v) is 11.6. The maximum atomic E-state index is 13.7. The van der Waals surface area contributed by atoms with Crippen LogP contribution in [0.1, 0.15) is 22.9 Å². The number of hydrogen-bond acceptors (Lipinski definition) is 6. The van der Waals surface area contributed by atoms with Crippen LogP contribution >= 0.6 is 0 Å². The molecule has 3 aromatic rings. The minimum Gasteiger partial charge on any atom is -0.507 e. The van der Waals surface area contributed by atoms with Gasteiger partial charge >= 0.3 is 0 Å². The Morgan fingerprint density at radius 3 is 2.32 bits per heavy atom. The molecule has 0 spiro atoms. The molecule has 180 valence electrons. The fraction of sp³-hybridized carbons (Fsp3) is 0.370. The molecule has 2 aromatic carbocycles. The highest BCUT2D eigenvalue weighted by atomic mass is 16.5. The topological polar surface area (TPSA) is 67.2 Å². The van der Waals surface area contributed by atoms with Crippen LogP contribution in [0.25, 0.3) is 0 Å². The second-order valence-corrected chi connectivity index (χ2v) is 8.54. The van der Waals surface area contributed by atoms with E-state index in [1.807, 2.05) is 49.4 Å². The van der Waals surface area contributed by atoms with Crippen LogP contribution in [0, 0.1) is 6.92 Å². The summed E-state index contributed by atoms with van der Waals surface area (Å²) >= 11 is 0. The Balaban J connectivity index is 1.76. The van der Waals surface area contributed by atoms with Crippen molar-refractivity contribution in [3.8, 4) is 11.5 Å². The third kappa shape index (κ3) is 4.81. The highest BCUT2D eigenvalue weighted by Gasteiger charge is 2.33. The minimum absolute atomic E-state index is 0.0116. The van der Waals surface area contributed by atoms with Crippen LogP contribution in [-0.2, 0) is 11.3 Å². The number of aromatic nitrogens is 1. The highest BCUT2D eigenvalue weighted by molar-refractivity contribution is 5.48. The van der Waals surface area contributed by atoms with E-state index in [0.717, 1.165) is 31.7 Å². The van der Waals surface area contributed by atoms with Crippen molar-refractivity contribution in [2.75, 3.05) is 51.9 Å². The maximum Gasteiger partial charge on any atom is 0.259 e. The van der Waals surface area contributed by atoms with E-state index in [-0.39, 0.29) is 11.3 Å². The number of methoxy groups -OCH3 is 2. The second-order valence-electron chi connectivity index (χ2n) is 8.54. The predicted octanol–water partition coefficient (Wildman–Crippen LogP) is 3.43. The number of pyridine rings is 1. The van der Waals surface area contributed by atoms with Crippen LogP contribution in [-0.4, -0.2) is 61.6 Å². The molecule has 0 amide bonds. The SMILES string of the molecule is COCCn1c(C)cc(O)c([C@@H](c2ccccc2OC)N2CCN(c3ccccc3)CC2)c1=O. The van der Waals surface area contributed by atoms with Crippen LogP contribution in [0.3, 0.4) is 0 Å². The van der Waals surface area contributed by atoms with E-state index in [2.05, 4.69) is 21.9 Å². The van der Waals surface area contributed by atoms with E-state index in [1.54, 1.807) is 24.9 Å². The van der Waals surface area contributed by atoms with Gasteiger partial charge in [-0.25, -0.2) is 0 Å². The molecule has 0 saturated carbocycles. The van der Waals surface area contributed by atoms with Crippen molar-refractivity contribution < 1.29 is 14.6 Å². The molecule has 1 atom stereocenters. The molecule has 1 aliphatic rings. The Kier molecular flexibility index (Phi) is 7.55. The molecule has 0 aliphatic carbocycles. The van der Waals surface area contributed by atoms with Gasteiger partial charge in [-0.3, -0.25) is 9.69 Å². The van der Waals surface area contributed by atoms with Crippen LogP contribution in [0.5, 0.6) is 11.5 Å². The molecule has 34 heavy (non-hydrogen) atoms. The van der Waals surface area contributed by atoms with E-state index in [4.69, 9.17) is 9.47 Å². The molecule has 1 saturated heterocycles. The standard InChI is InChI=1S/C27H33N3O4/c1-20-19-23(31)25(27(32)30(20)17-18-33-2)26(22-11-7-8-12-24(22)34-3)29-15-13-28(14-16-29)21-9-5-4-6-10-21/h4-12,19,26,31H,13-18H2,1-3H3/t26-/m1/s1. The molecule has 7 nitrogen and oxygen atoms in total. The number of ether oxygens (including phenoxy) is 2. The highest BCUT2D eigenvalue weighted by Crippen LogP contribution is 2.37. The van der Waals surface area contributed by atoms with E-state index < -0.39 is 6.04 Å². The number of aryl methyl sites for hydroxylation is 1. The first kappa shape index (κ1) is 23.9. The number of piperazine rings is 1. The maximum absolute atomic E-state index is 13.7. The zero-order valence-corrected chi connectivity index (χ0v) is 20.1.